The van der Waals surface area contributed by atoms with Crippen LogP contribution >= 0.6 is 19.6 Å². The van der Waals surface area contributed by atoms with Gasteiger partial charge in [0.1, 0.15) is 30.5 Å². The average molecular weight is 647 g/mol. The molecule has 0 amide bonds. The van der Waals surface area contributed by atoms with E-state index in [1.165, 1.54) is 17.8 Å². The Labute approximate surface area is 253 Å². The molecule has 6 atom stereocenters. The topological polar surface area (TPSA) is 222 Å². The third-order valence-electron chi connectivity index (χ3n) is 6.98. The molecule has 16 nitrogen and oxygen atoms in total. The standard InChI is InChI=1S/C25H39N6O10PS/c1-7-36-19-16-18(29-23(27)30-19)31(12-28-16)21-25(6,34)17-14(40-21)10-39-42(35,41-17)38-8-9-43-22(33)24(4,5)11-37-20(32)15(26)13(2)3/h12-15,17,21,34H,7-11,26H2,1-6H3,(H2,27,29,30)/t14-,15+,17-,21-,25-,42-/m1/s1. The number of hydrogen-bond donors (Lipinski definition) is 3. The molecule has 0 aliphatic carbocycles. The lowest BCUT2D eigenvalue weighted by molar-refractivity contribution is -0.150. The zero-order valence-electron chi connectivity index (χ0n) is 24.9. The second-order valence-electron chi connectivity index (χ2n) is 11.4. The van der Waals surface area contributed by atoms with Crippen LogP contribution in [0, 0.1) is 11.3 Å². The Morgan fingerprint density at radius 1 is 1.35 bits per heavy atom. The van der Waals surface area contributed by atoms with Crippen molar-refractivity contribution in [2.45, 2.75) is 71.6 Å². The molecule has 0 bridgehead atoms. The van der Waals surface area contributed by atoms with Crippen molar-refractivity contribution in [1.29, 1.82) is 0 Å². The molecule has 4 heterocycles. The zero-order chi connectivity index (χ0) is 31.7. The van der Waals surface area contributed by atoms with Crippen LogP contribution in [0.2, 0.25) is 0 Å². The van der Waals surface area contributed by atoms with Gasteiger partial charge < -0.3 is 30.8 Å². The molecule has 2 aromatic heterocycles. The van der Waals surface area contributed by atoms with E-state index in [2.05, 4.69) is 15.0 Å². The summed E-state index contributed by atoms with van der Waals surface area (Å²) < 4.78 is 48.1. The Morgan fingerprint density at radius 2 is 2.07 bits per heavy atom. The van der Waals surface area contributed by atoms with Gasteiger partial charge in [-0.1, -0.05) is 25.6 Å². The first-order valence-electron chi connectivity index (χ1n) is 13.8. The maximum absolute atomic E-state index is 13.3. The monoisotopic (exact) mass is 646 g/mol. The predicted octanol–water partition coefficient (Wildman–Crippen LogP) is 1.81. The van der Waals surface area contributed by atoms with Crippen LogP contribution < -0.4 is 16.2 Å². The van der Waals surface area contributed by atoms with Gasteiger partial charge in [-0.05, 0) is 33.6 Å². The lowest BCUT2D eigenvalue weighted by Gasteiger charge is -2.35. The van der Waals surface area contributed by atoms with Crippen molar-refractivity contribution < 1.29 is 47.0 Å². The summed E-state index contributed by atoms with van der Waals surface area (Å²) >= 11 is 0.926. The van der Waals surface area contributed by atoms with Gasteiger partial charge in [0.25, 0.3) is 0 Å². The van der Waals surface area contributed by atoms with E-state index in [1.807, 2.05) is 0 Å². The second kappa shape index (κ2) is 12.9. The fraction of sp³-hybridized carbons (Fsp3) is 0.720. The number of fused-ring (bicyclic) bond motifs is 2. The van der Waals surface area contributed by atoms with Crippen LogP contribution in [0.25, 0.3) is 11.2 Å². The number of phosphoric acid groups is 1. The van der Waals surface area contributed by atoms with Crippen molar-refractivity contribution >= 4 is 47.8 Å². The maximum Gasteiger partial charge on any atom is 0.475 e. The Bertz CT molecular complexity index is 1390. The minimum Gasteiger partial charge on any atom is -0.476 e. The number of carbonyl (C=O) groups is 2. The number of nitrogen functional groups attached to an aromatic ring is 1. The smallest absolute Gasteiger partial charge is 0.475 e. The minimum atomic E-state index is -4.12. The van der Waals surface area contributed by atoms with Gasteiger partial charge in [-0.25, -0.2) is 9.55 Å². The van der Waals surface area contributed by atoms with Crippen LogP contribution in [0.5, 0.6) is 5.88 Å². The number of esters is 1. The molecule has 0 saturated carbocycles. The van der Waals surface area contributed by atoms with Crippen molar-refractivity contribution in [1.82, 2.24) is 19.5 Å². The molecular formula is C25H39N6O10PS. The van der Waals surface area contributed by atoms with Crippen molar-refractivity contribution in [3.63, 3.8) is 0 Å². The number of phosphoric ester groups is 1. The highest BCUT2D eigenvalue weighted by molar-refractivity contribution is 8.13. The van der Waals surface area contributed by atoms with Crippen LogP contribution in [0.1, 0.15) is 47.8 Å². The zero-order valence-corrected chi connectivity index (χ0v) is 26.6. The van der Waals surface area contributed by atoms with Gasteiger partial charge in [0, 0.05) is 5.75 Å². The van der Waals surface area contributed by atoms with Gasteiger partial charge in [0.05, 0.1) is 31.6 Å². The largest absolute Gasteiger partial charge is 0.476 e. The Hall–Kier alpha value is -2.37. The first-order chi connectivity index (χ1) is 20.1. The fourth-order valence-corrected chi connectivity index (χ4v) is 6.81. The van der Waals surface area contributed by atoms with Gasteiger partial charge in [0.15, 0.2) is 22.5 Å². The molecule has 240 valence electrons. The highest BCUT2D eigenvalue weighted by Crippen LogP contribution is 2.59. The molecule has 2 aromatic rings. The lowest BCUT2D eigenvalue weighted by atomic mass is 9.96. The van der Waals surface area contributed by atoms with Crippen LogP contribution in [0.3, 0.4) is 0 Å². The van der Waals surface area contributed by atoms with E-state index in [0.29, 0.717) is 12.1 Å². The van der Waals surface area contributed by atoms with Crippen molar-refractivity contribution in [3.05, 3.63) is 6.33 Å². The van der Waals surface area contributed by atoms with E-state index in [-0.39, 0.29) is 54.1 Å². The molecule has 43 heavy (non-hydrogen) atoms. The molecule has 0 aromatic carbocycles. The van der Waals surface area contributed by atoms with Gasteiger partial charge in [-0.15, -0.1) is 0 Å². The van der Waals surface area contributed by atoms with E-state index >= 15 is 0 Å². The summed E-state index contributed by atoms with van der Waals surface area (Å²) in [4.78, 5) is 37.4. The number of thioether (sulfide) groups is 1. The first-order valence-corrected chi connectivity index (χ1v) is 16.2. The number of rotatable bonds is 12. The molecule has 5 N–H and O–H groups in total. The van der Waals surface area contributed by atoms with Gasteiger partial charge >= 0.3 is 13.8 Å². The number of aliphatic hydroxyl groups is 1. The number of ether oxygens (including phenoxy) is 3. The number of carbonyl (C=O) groups excluding carboxylic acids is 2. The van der Waals surface area contributed by atoms with Gasteiger partial charge in [-0.2, -0.15) is 9.97 Å². The highest BCUT2D eigenvalue weighted by Gasteiger charge is 2.60. The number of hydrogen-bond acceptors (Lipinski definition) is 16. The van der Waals surface area contributed by atoms with Crippen LogP contribution in [-0.2, 0) is 37.2 Å². The summed E-state index contributed by atoms with van der Waals surface area (Å²) in [5, 5.41) is 11.3. The Kier molecular flexibility index (Phi) is 10.1. The van der Waals surface area contributed by atoms with Crippen molar-refractivity contribution in [2.75, 3.05) is 37.9 Å². The maximum atomic E-state index is 13.3. The normalized spacial score (nSPS) is 28.2. The summed E-state index contributed by atoms with van der Waals surface area (Å²) in [7, 11) is -4.12. The summed E-state index contributed by atoms with van der Waals surface area (Å²) in [5.74, 6) is -0.422. The summed E-state index contributed by atoms with van der Waals surface area (Å²) in [6.45, 7) is 9.99. The third-order valence-corrected chi connectivity index (χ3v) is 9.62. The molecule has 2 fully saturated rings. The molecule has 0 spiro atoms. The molecule has 18 heteroatoms. The molecule has 2 aliphatic rings. The Balaban J connectivity index is 1.34. The van der Waals surface area contributed by atoms with E-state index in [1.54, 1.807) is 34.6 Å². The number of aromatic nitrogens is 4. The third kappa shape index (κ3) is 7.14. The summed E-state index contributed by atoms with van der Waals surface area (Å²) in [5.41, 5.74) is 9.53. The van der Waals surface area contributed by atoms with Gasteiger partial charge in [0.2, 0.25) is 11.8 Å². The van der Waals surface area contributed by atoms with E-state index in [0.717, 1.165) is 11.8 Å². The molecule has 0 radical (unpaired) electrons. The molecule has 2 aliphatic heterocycles. The van der Waals surface area contributed by atoms with Crippen LogP contribution in [0.15, 0.2) is 6.33 Å². The SMILES string of the molecule is CCOc1nc(N)nc2c1ncn2[C@@H]1O[C@@H]2CO[P@@](=O)(OCCSC(=O)C(C)(C)COC(=O)[C@@H](N)C(C)C)O[C@H]2[C@@]1(C)O. The molecular weight excluding hydrogens is 607 g/mol. The molecule has 0 unspecified atom stereocenters. The number of nitrogens with two attached hydrogens (primary N) is 2. The molecule has 4 rings (SSSR count). The summed E-state index contributed by atoms with van der Waals surface area (Å²) in [6.07, 6.45) is -1.55. The minimum absolute atomic E-state index is 0.0543. The fourth-order valence-electron chi connectivity index (χ4n) is 4.42. The van der Waals surface area contributed by atoms with E-state index in [9.17, 15) is 19.3 Å². The van der Waals surface area contributed by atoms with Crippen molar-refractivity contribution in [2.24, 2.45) is 17.1 Å². The van der Waals surface area contributed by atoms with Crippen molar-refractivity contribution in [3.8, 4) is 5.88 Å². The number of imidazole rings is 1. The first kappa shape index (κ1) is 33.5. The van der Waals surface area contributed by atoms with Crippen LogP contribution in [-0.4, -0.2) is 91.7 Å². The van der Waals surface area contributed by atoms with E-state index in [4.69, 9.17) is 39.2 Å². The molecule has 2 saturated heterocycles. The average Bonchev–Trinajstić information content (AvgIpc) is 3.46. The second-order valence-corrected chi connectivity index (χ2v) is 14.1. The van der Waals surface area contributed by atoms with Crippen LogP contribution in [0.4, 0.5) is 5.95 Å². The lowest BCUT2D eigenvalue weighted by Crippen LogP contribution is -2.47. The Morgan fingerprint density at radius 3 is 2.74 bits per heavy atom. The van der Waals surface area contributed by atoms with E-state index < -0.39 is 49.3 Å². The quantitative estimate of drug-likeness (QED) is 0.170. The predicted molar refractivity (Wildman–Crippen MR) is 155 cm³/mol. The summed E-state index contributed by atoms with van der Waals surface area (Å²) in [6, 6.07) is -0.777. The highest BCUT2D eigenvalue weighted by atomic mass is 32.2. The van der Waals surface area contributed by atoms with Gasteiger partial charge in [-0.3, -0.25) is 27.7 Å². The number of anilines is 1. The number of nitrogens with zero attached hydrogens (tertiary/aromatic N) is 4.